The number of rotatable bonds is 10. The number of carboxylic acids is 1. The Morgan fingerprint density at radius 2 is 1.83 bits per heavy atom. The van der Waals surface area contributed by atoms with E-state index in [0.717, 1.165) is 40.0 Å². The number of carbonyl (C=O) groups is 1. The van der Waals surface area contributed by atoms with E-state index in [-0.39, 0.29) is 13.4 Å². The third kappa shape index (κ3) is 4.69. The highest BCUT2D eigenvalue weighted by Gasteiger charge is 2.54. The molecule has 2 unspecified atom stereocenters. The molecule has 1 aromatic heterocycles. The summed E-state index contributed by atoms with van der Waals surface area (Å²) < 4.78 is 29.3. The molecule has 8 nitrogen and oxygen atoms in total. The van der Waals surface area contributed by atoms with Gasteiger partial charge >= 0.3 is 5.97 Å². The molecule has 0 radical (unpaired) electrons. The summed E-state index contributed by atoms with van der Waals surface area (Å²) in [6.45, 7) is 3.00. The Hall–Kier alpha value is -4.72. The topological polar surface area (TPSA) is 96.3 Å². The Morgan fingerprint density at radius 3 is 2.61 bits per heavy atom. The van der Waals surface area contributed by atoms with E-state index >= 15 is 0 Å². The third-order valence-electron chi connectivity index (χ3n) is 7.78. The van der Waals surface area contributed by atoms with Crippen molar-refractivity contribution in [2.24, 2.45) is 5.92 Å². The second-order valence-corrected chi connectivity index (χ2v) is 10.2. The highest BCUT2D eigenvalue weighted by Crippen LogP contribution is 2.57. The van der Waals surface area contributed by atoms with Gasteiger partial charge in [0, 0.05) is 29.6 Å². The van der Waals surface area contributed by atoms with Crippen LogP contribution in [0.2, 0.25) is 0 Å². The molecule has 8 heteroatoms. The highest BCUT2D eigenvalue weighted by molar-refractivity contribution is 5.80. The Kier molecular flexibility index (Phi) is 7.14. The maximum absolute atomic E-state index is 13.2. The fourth-order valence-electron chi connectivity index (χ4n) is 5.97. The molecule has 210 valence electrons. The van der Waals surface area contributed by atoms with Crippen molar-refractivity contribution in [3.05, 3.63) is 107 Å². The van der Waals surface area contributed by atoms with Gasteiger partial charge in [-0.25, -0.2) is 0 Å². The second-order valence-electron chi connectivity index (χ2n) is 10.2. The summed E-state index contributed by atoms with van der Waals surface area (Å²) in [5.41, 5.74) is 3.06. The standard InChI is InChI=1S/C33H31NO7/c1-3-13-38-25-8-9-26-22(14-25)15-28(32(35)36)33(26,23-6-11-29-31(16-23)41-20-40-29)27-10-7-24(37-2)17-30(27)39-19-21-5-4-12-34-18-21/h4-12,14,16-18,28H,3,13,15,19-20H2,1-2H3,(H,35,36). The highest BCUT2D eigenvalue weighted by atomic mass is 16.7. The molecule has 0 saturated carbocycles. The Balaban J connectivity index is 1.59. The van der Waals surface area contributed by atoms with Gasteiger partial charge in [0.2, 0.25) is 6.79 Å². The predicted molar refractivity (Wildman–Crippen MR) is 151 cm³/mol. The lowest BCUT2D eigenvalue weighted by molar-refractivity contribution is -0.142. The Bertz CT molecular complexity index is 1570. The molecule has 0 spiro atoms. The normalized spacial score (nSPS) is 18.5. The van der Waals surface area contributed by atoms with Gasteiger partial charge in [-0.3, -0.25) is 9.78 Å². The second kappa shape index (κ2) is 11.0. The number of aliphatic carboxylic acids is 1. The van der Waals surface area contributed by atoms with Gasteiger partial charge in [-0.2, -0.15) is 0 Å². The minimum absolute atomic E-state index is 0.116. The molecule has 2 aliphatic rings. The van der Waals surface area contributed by atoms with Crippen LogP contribution < -0.4 is 23.7 Å². The first-order valence-electron chi connectivity index (χ1n) is 13.6. The van der Waals surface area contributed by atoms with Gasteiger partial charge in [-0.05, 0) is 65.9 Å². The van der Waals surface area contributed by atoms with E-state index in [4.69, 9.17) is 23.7 Å². The molecule has 2 heterocycles. The van der Waals surface area contributed by atoms with Gasteiger partial charge in [-0.15, -0.1) is 0 Å². The van der Waals surface area contributed by atoms with Crippen LogP contribution in [0.5, 0.6) is 28.7 Å². The summed E-state index contributed by atoms with van der Waals surface area (Å²) >= 11 is 0. The molecule has 0 amide bonds. The molecular weight excluding hydrogens is 522 g/mol. The molecule has 6 rings (SSSR count). The summed E-state index contributed by atoms with van der Waals surface area (Å²) in [5, 5.41) is 10.8. The minimum atomic E-state index is -1.11. The molecule has 1 N–H and O–H groups in total. The number of methoxy groups -OCH3 is 1. The van der Waals surface area contributed by atoms with Crippen molar-refractivity contribution in [3.63, 3.8) is 0 Å². The Morgan fingerprint density at radius 1 is 1.00 bits per heavy atom. The van der Waals surface area contributed by atoms with E-state index in [1.807, 2.05) is 66.7 Å². The lowest BCUT2D eigenvalue weighted by Gasteiger charge is -2.37. The third-order valence-corrected chi connectivity index (χ3v) is 7.78. The van der Waals surface area contributed by atoms with Crippen molar-refractivity contribution in [2.45, 2.75) is 31.8 Å². The molecule has 41 heavy (non-hydrogen) atoms. The van der Waals surface area contributed by atoms with E-state index in [2.05, 4.69) is 11.9 Å². The van der Waals surface area contributed by atoms with Crippen molar-refractivity contribution >= 4 is 5.97 Å². The number of nitrogens with zero attached hydrogens (tertiary/aromatic N) is 1. The van der Waals surface area contributed by atoms with Gasteiger partial charge in [0.25, 0.3) is 0 Å². The summed E-state index contributed by atoms with van der Waals surface area (Å²) in [6.07, 6.45) is 4.65. The minimum Gasteiger partial charge on any atom is -0.497 e. The van der Waals surface area contributed by atoms with Crippen LogP contribution in [0.3, 0.4) is 0 Å². The number of pyridine rings is 1. The average molecular weight is 554 g/mol. The maximum atomic E-state index is 13.2. The molecule has 1 aliphatic carbocycles. The lowest BCUT2D eigenvalue weighted by atomic mass is 9.64. The zero-order valence-electron chi connectivity index (χ0n) is 23.0. The summed E-state index contributed by atoms with van der Waals surface area (Å²) in [4.78, 5) is 17.4. The summed E-state index contributed by atoms with van der Waals surface area (Å²) in [5.74, 6) is 1.30. The van der Waals surface area contributed by atoms with E-state index in [1.165, 1.54) is 0 Å². The largest absolute Gasteiger partial charge is 0.497 e. The first kappa shape index (κ1) is 26.5. The fraction of sp³-hybridized carbons (Fsp3) is 0.273. The number of hydrogen-bond donors (Lipinski definition) is 1. The van der Waals surface area contributed by atoms with Crippen LogP contribution in [0, 0.1) is 5.92 Å². The number of fused-ring (bicyclic) bond motifs is 2. The number of hydrogen-bond acceptors (Lipinski definition) is 7. The molecule has 0 fully saturated rings. The van der Waals surface area contributed by atoms with Gasteiger partial charge in [0.15, 0.2) is 11.5 Å². The monoisotopic (exact) mass is 553 g/mol. The number of benzene rings is 3. The molecule has 2 atom stereocenters. The van der Waals surface area contributed by atoms with Crippen LogP contribution in [-0.2, 0) is 23.2 Å². The number of carboxylic acid groups (broad SMARTS) is 1. The van der Waals surface area contributed by atoms with Crippen molar-refractivity contribution in [3.8, 4) is 28.7 Å². The number of ether oxygens (including phenoxy) is 5. The summed E-state index contributed by atoms with van der Waals surface area (Å²) in [6, 6.07) is 20.9. The van der Waals surface area contributed by atoms with Crippen LogP contribution in [0.1, 0.15) is 41.2 Å². The van der Waals surface area contributed by atoms with E-state index in [9.17, 15) is 9.90 Å². The molecule has 0 saturated heterocycles. The SMILES string of the molecule is CCCOc1ccc2c(c1)CC(C(=O)O)C2(c1ccc2c(c1)OCO2)c1ccc(OC)cc1OCc1cccnc1. The lowest BCUT2D eigenvalue weighted by Crippen LogP contribution is -2.39. The van der Waals surface area contributed by atoms with Crippen molar-refractivity contribution in [1.29, 1.82) is 0 Å². The zero-order valence-corrected chi connectivity index (χ0v) is 23.0. The van der Waals surface area contributed by atoms with Crippen LogP contribution in [0.4, 0.5) is 0 Å². The predicted octanol–water partition coefficient (Wildman–Crippen LogP) is 5.78. The van der Waals surface area contributed by atoms with Gasteiger partial charge < -0.3 is 28.8 Å². The van der Waals surface area contributed by atoms with Crippen LogP contribution in [-0.4, -0.2) is 36.6 Å². The van der Waals surface area contributed by atoms with E-state index < -0.39 is 17.3 Å². The summed E-state index contributed by atoms with van der Waals surface area (Å²) in [7, 11) is 1.59. The van der Waals surface area contributed by atoms with Crippen LogP contribution in [0.25, 0.3) is 0 Å². The first-order valence-corrected chi connectivity index (χ1v) is 13.6. The first-order chi connectivity index (χ1) is 20.0. The molecule has 0 bridgehead atoms. The smallest absolute Gasteiger partial charge is 0.308 e. The quantitative estimate of drug-likeness (QED) is 0.264. The fourth-order valence-corrected chi connectivity index (χ4v) is 5.97. The van der Waals surface area contributed by atoms with Crippen molar-refractivity contribution in [1.82, 2.24) is 4.98 Å². The van der Waals surface area contributed by atoms with Crippen molar-refractivity contribution in [2.75, 3.05) is 20.5 Å². The van der Waals surface area contributed by atoms with E-state index in [1.54, 1.807) is 19.5 Å². The molecule has 1 aliphatic heterocycles. The van der Waals surface area contributed by atoms with Gasteiger partial charge in [0.05, 0.1) is 25.0 Å². The molecule has 3 aromatic carbocycles. The maximum Gasteiger partial charge on any atom is 0.308 e. The van der Waals surface area contributed by atoms with Crippen molar-refractivity contribution < 1.29 is 33.6 Å². The molecular formula is C33H31NO7. The zero-order chi connectivity index (χ0) is 28.4. The molecule has 4 aromatic rings. The van der Waals surface area contributed by atoms with Crippen LogP contribution >= 0.6 is 0 Å². The van der Waals surface area contributed by atoms with Gasteiger partial charge in [-0.1, -0.05) is 31.2 Å². The van der Waals surface area contributed by atoms with E-state index in [0.29, 0.717) is 36.0 Å². The average Bonchev–Trinajstić information content (AvgIpc) is 3.62. The van der Waals surface area contributed by atoms with Crippen LogP contribution in [0.15, 0.2) is 79.1 Å². The van der Waals surface area contributed by atoms with Gasteiger partial charge in [0.1, 0.15) is 23.9 Å². The Labute approximate surface area is 238 Å². The number of aromatic nitrogens is 1.